The summed E-state index contributed by atoms with van der Waals surface area (Å²) < 4.78 is 13.5. The smallest absolute Gasteiger partial charge is 0.123 e. The summed E-state index contributed by atoms with van der Waals surface area (Å²) in [5.74, 6) is 1.15. The largest absolute Gasteiger partial charge is 0.207 e. The minimum atomic E-state index is -0.302. The molecule has 1 aliphatic rings. The van der Waals surface area contributed by atoms with Crippen molar-refractivity contribution >= 4 is 7.85 Å². The van der Waals surface area contributed by atoms with Crippen molar-refractivity contribution in [2.75, 3.05) is 0 Å². The Morgan fingerprint density at radius 3 is 2.72 bits per heavy atom. The SMILES string of the molecule is [B]C1(C(C)CC)CC(C)C(C)c2cc(F)ccc21. The summed E-state index contributed by atoms with van der Waals surface area (Å²) in [7, 11) is 6.70. The molecule has 1 aromatic carbocycles. The summed E-state index contributed by atoms with van der Waals surface area (Å²) >= 11 is 0. The summed E-state index contributed by atoms with van der Waals surface area (Å²) in [5.41, 5.74) is 2.26. The van der Waals surface area contributed by atoms with Crippen LogP contribution in [-0.2, 0) is 5.31 Å². The first-order valence-corrected chi connectivity index (χ1v) is 6.99. The number of rotatable bonds is 2. The van der Waals surface area contributed by atoms with Crippen molar-refractivity contribution in [2.24, 2.45) is 11.8 Å². The van der Waals surface area contributed by atoms with Gasteiger partial charge in [0.2, 0.25) is 0 Å². The van der Waals surface area contributed by atoms with Crippen molar-refractivity contribution in [1.82, 2.24) is 0 Å². The number of hydrogen-bond acceptors (Lipinski definition) is 0. The van der Waals surface area contributed by atoms with E-state index in [-0.39, 0.29) is 11.1 Å². The number of halogens is 1. The molecule has 0 N–H and O–H groups in total. The predicted molar refractivity (Wildman–Crippen MR) is 75.5 cm³/mol. The maximum Gasteiger partial charge on any atom is 0.123 e. The standard InChI is InChI=1S/C16H22BF/c1-5-11(3)16(17)9-10(2)12(4)14-8-13(18)6-7-15(14)16/h6-8,10-12H,5,9H2,1-4H3. The lowest BCUT2D eigenvalue weighted by Gasteiger charge is -2.46. The van der Waals surface area contributed by atoms with E-state index in [1.807, 2.05) is 6.07 Å². The Labute approximate surface area is 111 Å². The maximum atomic E-state index is 13.5. The van der Waals surface area contributed by atoms with E-state index in [1.54, 1.807) is 12.1 Å². The fraction of sp³-hybridized carbons (Fsp3) is 0.625. The molecule has 0 aromatic heterocycles. The molecule has 0 nitrogen and oxygen atoms in total. The van der Waals surface area contributed by atoms with Gasteiger partial charge in [0.25, 0.3) is 0 Å². The van der Waals surface area contributed by atoms with Crippen molar-refractivity contribution in [1.29, 1.82) is 0 Å². The molecule has 0 aliphatic heterocycles. The zero-order valence-corrected chi connectivity index (χ0v) is 11.8. The summed E-state index contributed by atoms with van der Waals surface area (Å²) in [6.07, 6.45) is 2.04. The summed E-state index contributed by atoms with van der Waals surface area (Å²) in [6, 6.07) is 5.13. The van der Waals surface area contributed by atoms with Gasteiger partial charge in [-0.05, 0) is 52.7 Å². The van der Waals surface area contributed by atoms with Gasteiger partial charge in [-0.2, -0.15) is 0 Å². The third-order valence-corrected chi connectivity index (χ3v) is 5.01. The van der Waals surface area contributed by atoms with Gasteiger partial charge in [-0.1, -0.05) is 40.2 Å². The Morgan fingerprint density at radius 1 is 1.44 bits per heavy atom. The monoisotopic (exact) mass is 244 g/mol. The molecular formula is C16H22BF. The van der Waals surface area contributed by atoms with Gasteiger partial charge in [-0.15, -0.1) is 0 Å². The Morgan fingerprint density at radius 2 is 2.11 bits per heavy atom. The lowest BCUT2D eigenvalue weighted by Crippen LogP contribution is -2.41. The Bertz CT molecular complexity index is 443. The Hall–Kier alpha value is -0.785. The van der Waals surface area contributed by atoms with Gasteiger partial charge in [-0.3, -0.25) is 0 Å². The third-order valence-electron chi connectivity index (χ3n) is 5.01. The van der Waals surface area contributed by atoms with Crippen LogP contribution in [0.4, 0.5) is 4.39 Å². The normalized spacial score (nSPS) is 32.9. The van der Waals surface area contributed by atoms with E-state index in [9.17, 15) is 4.39 Å². The number of benzene rings is 1. The lowest BCUT2D eigenvalue weighted by molar-refractivity contribution is 0.272. The van der Waals surface area contributed by atoms with Gasteiger partial charge in [0.05, 0.1) is 7.85 Å². The average Bonchev–Trinajstić information content (AvgIpc) is 2.34. The molecule has 0 spiro atoms. The molecule has 2 radical (unpaired) electrons. The highest BCUT2D eigenvalue weighted by Gasteiger charge is 2.40. The van der Waals surface area contributed by atoms with Crippen LogP contribution < -0.4 is 0 Å². The molecule has 18 heavy (non-hydrogen) atoms. The third kappa shape index (κ3) is 2.00. The van der Waals surface area contributed by atoms with Crippen LogP contribution in [0.2, 0.25) is 0 Å². The molecule has 0 saturated carbocycles. The fourth-order valence-electron chi connectivity index (χ4n) is 3.29. The van der Waals surface area contributed by atoms with Crippen molar-refractivity contribution in [3.63, 3.8) is 0 Å². The van der Waals surface area contributed by atoms with Crippen molar-refractivity contribution in [2.45, 2.75) is 51.8 Å². The van der Waals surface area contributed by atoms with Crippen LogP contribution in [0.25, 0.3) is 0 Å². The van der Waals surface area contributed by atoms with E-state index < -0.39 is 0 Å². The van der Waals surface area contributed by atoms with Gasteiger partial charge >= 0.3 is 0 Å². The molecule has 2 heteroatoms. The molecule has 1 aliphatic carbocycles. The molecule has 0 fully saturated rings. The van der Waals surface area contributed by atoms with Crippen molar-refractivity contribution in [3.05, 3.63) is 35.1 Å². The van der Waals surface area contributed by atoms with Gasteiger partial charge in [0.15, 0.2) is 0 Å². The first kappa shape index (κ1) is 13.6. The molecule has 4 unspecified atom stereocenters. The van der Waals surface area contributed by atoms with Crippen LogP contribution in [0, 0.1) is 17.7 Å². The van der Waals surface area contributed by atoms with Crippen LogP contribution in [0.3, 0.4) is 0 Å². The molecule has 0 heterocycles. The van der Waals surface area contributed by atoms with Crippen LogP contribution in [0.5, 0.6) is 0 Å². The quantitative estimate of drug-likeness (QED) is 0.677. The molecule has 2 rings (SSSR count). The van der Waals surface area contributed by atoms with E-state index in [0.29, 0.717) is 17.8 Å². The molecular weight excluding hydrogens is 222 g/mol. The summed E-state index contributed by atoms with van der Waals surface area (Å²) in [4.78, 5) is 0. The summed E-state index contributed by atoms with van der Waals surface area (Å²) in [6.45, 7) is 8.78. The van der Waals surface area contributed by atoms with Gasteiger partial charge in [0.1, 0.15) is 5.82 Å². The first-order valence-electron chi connectivity index (χ1n) is 6.99. The highest BCUT2D eigenvalue weighted by molar-refractivity contribution is 6.16. The molecule has 96 valence electrons. The van der Waals surface area contributed by atoms with Crippen molar-refractivity contribution < 1.29 is 4.39 Å². The zero-order valence-electron chi connectivity index (χ0n) is 11.8. The molecule has 0 amide bonds. The Balaban J connectivity index is 2.58. The topological polar surface area (TPSA) is 0 Å². The minimum absolute atomic E-state index is 0.152. The minimum Gasteiger partial charge on any atom is -0.207 e. The van der Waals surface area contributed by atoms with Crippen LogP contribution >= 0.6 is 0 Å². The van der Waals surface area contributed by atoms with Gasteiger partial charge < -0.3 is 0 Å². The maximum absolute atomic E-state index is 13.5. The number of fused-ring (bicyclic) bond motifs is 1. The second-order valence-electron chi connectivity index (χ2n) is 6.05. The number of hydrogen-bond donors (Lipinski definition) is 0. The van der Waals surface area contributed by atoms with Crippen LogP contribution in [0.15, 0.2) is 18.2 Å². The lowest BCUT2D eigenvalue weighted by atomic mass is 9.48. The summed E-state index contributed by atoms with van der Waals surface area (Å²) in [5, 5.41) is -0.302. The second-order valence-corrected chi connectivity index (χ2v) is 6.05. The van der Waals surface area contributed by atoms with Crippen molar-refractivity contribution in [3.8, 4) is 0 Å². The van der Waals surface area contributed by atoms with E-state index in [2.05, 4.69) is 27.7 Å². The molecule has 0 bridgehead atoms. The van der Waals surface area contributed by atoms with E-state index in [1.165, 1.54) is 0 Å². The predicted octanol–water partition coefficient (Wildman–Crippen LogP) is 4.38. The molecule has 4 atom stereocenters. The average molecular weight is 244 g/mol. The molecule has 0 saturated heterocycles. The molecule has 1 aromatic rings. The fourth-order valence-corrected chi connectivity index (χ4v) is 3.29. The second kappa shape index (κ2) is 4.72. The first-order chi connectivity index (χ1) is 8.40. The van der Waals surface area contributed by atoms with E-state index in [4.69, 9.17) is 7.85 Å². The van der Waals surface area contributed by atoms with Gasteiger partial charge in [-0.25, -0.2) is 4.39 Å². The van der Waals surface area contributed by atoms with Gasteiger partial charge in [0, 0.05) is 0 Å². The highest BCUT2D eigenvalue weighted by Crippen LogP contribution is 2.48. The van der Waals surface area contributed by atoms with Crippen LogP contribution in [0.1, 0.15) is 57.6 Å². The van der Waals surface area contributed by atoms with Crippen LogP contribution in [-0.4, -0.2) is 7.85 Å². The highest BCUT2D eigenvalue weighted by atomic mass is 19.1. The van der Waals surface area contributed by atoms with E-state index in [0.717, 1.165) is 24.0 Å². The zero-order chi connectivity index (χ0) is 13.5. The van der Waals surface area contributed by atoms with E-state index >= 15 is 0 Å². The Kier molecular flexibility index (Phi) is 3.57.